The zero-order chi connectivity index (χ0) is 47.3. The van der Waals surface area contributed by atoms with Crippen molar-refractivity contribution in [2.45, 2.75) is 66.2 Å². The van der Waals surface area contributed by atoms with Gasteiger partial charge in [0.25, 0.3) is 0 Å². The van der Waals surface area contributed by atoms with Crippen LogP contribution in [0.4, 0.5) is 0 Å². The van der Waals surface area contributed by atoms with Crippen molar-refractivity contribution < 1.29 is 26.2 Å². The minimum atomic E-state index is -0.0871. The number of aromatic hydroxyl groups is 1. The second-order valence-electron chi connectivity index (χ2n) is 20.2. The summed E-state index contributed by atoms with van der Waals surface area (Å²) in [5.41, 5.74) is 20.1. The van der Waals surface area contributed by atoms with Crippen molar-refractivity contribution in [2.75, 3.05) is 0 Å². The molecule has 1 N–H and O–H groups in total. The molecule has 0 unspecified atom stereocenters. The van der Waals surface area contributed by atoms with Crippen molar-refractivity contribution in [2.24, 2.45) is 0 Å². The van der Waals surface area contributed by atoms with Crippen LogP contribution >= 0.6 is 0 Å². The van der Waals surface area contributed by atoms with Gasteiger partial charge in [0.05, 0.1) is 22.3 Å². The molecule has 0 aliphatic rings. The van der Waals surface area contributed by atoms with Gasteiger partial charge in [0.2, 0.25) is 0 Å². The maximum absolute atomic E-state index is 11.9. The smallest absolute Gasteiger partial charge is 0.148 e. The second-order valence-corrected chi connectivity index (χ2v) is 20.2. The van der Waals surface area contributed by atoms with Gasteiger partial charge in [0.1, 0.15) is 11.6 Å². The number of phenols is 1. The Morgan fingerprint density at radius 3 is 1.71 bits per heavy atom. The summed E-state index contributed by atoms with van der Waals surface area (Å²) in [4.78, 5) is 10.5. The SMILES string of the molecule is Cc1cc(C)c(O)c(-c2nc3c(-c4[c-]c(-c5cc(-c6ccc(-c7ccccc7)cc6)ccn5)cc(-c5ccccc5)c4)cccc3n2-c2ccc(C(C)(C)C)cc2-c2ccc(C(C)(C)C)cc2)c1.[Pt]. The summed E-state index contributed by atoms with van der Waals surface area (Å²) in [7, 11) is 0. The molecule has 8 aromatic carbocycles. The zero-order valence-corrected chi connectivity index (χ0v) is 42.8. The van der Waals surface area contributed by atoms with Gasteiger partial charge >= 0.3 is 0 Å². The number of hydrogen-bond acceptors (Lipinski definition) is 3. The Morgan fingerprint density at radius 2 is 1.06 bits per heavy atom. The van der Waals surface area contributed by atoms with Gasteiger partial charge in [-0.05, 0) is 111 Å². The van der Waals surface area contributed by atoms with E-state index in [-0.39, 0.29) is 37.6 Å². The van der Waals surface area contributed by atoms with E-state index in [1.54, 1.807) is 0 Å². The van der Waals surface area contributed by atoms with E-state index in [0.29, 0.717) is 11.4 Å². The fraction of sp³-hybridized carbons (Fsp3) is 0.156. The third-order valence-corrected chi connectivity index (χ3v) is 13.2. The summed E-state index contributed by atoms with van der Waals surface area (Å²) in [6.07, 6.45) is 1.89. The maximum atomic E-state index is 11.9. The number of imidazole rings is 1. The Hall–Kier alpha value is -7.13. The average Bonchev–Trinajstić information content (AvgIpc) is 3.74. The van der Waals surface area contributed by atoms with Gasteiger partial charge in [-0.15, -0.1) is 23.8 Å². The van der Waals surface area contributed by atoms with E-state index < -0.39 is 0 Å². The normalized spacial score (nSPS) is 11.7. The Kier molecular flexibility index (Phi) is 12.8. The standard InChI is InChI=1S/C64H56N3O.Pt/c1-41-34-42(2)61(68)56(35-41)62-66-60-54(20-15-21-59(60)67(62)58-31-30-53(64(6,7)8)40-55(58)47-26-28-52(29-27-47)63(3,4)5)50-36-49(44-18-13-10-14-19-44)37-51(38-50)57-39-48(32-33-65-57)46-24-22-45(23-25-46)43-16-11-9-12-17-43;/h9-37,39-40,68H,1-8H3;/q-1;. The molecule has 2 aromatic heterocycles. The second kappa shape index (κ2) is 18.7. The molecule has 4 nitrogen and oxygen atoms in total. The molecule has 0 spiro atoms. The van der Waals surface area contributed by atoms with Crippen molar-refractivity contribution in [3.63, 3.8) is 0 Å². The first-order valence-electron chi connectivity index (χ1n) is 23.5. The largest absolute Gasteiger partial charge is 0.507 e. The fourth-order valence-corrected chi connectivity index (χ4v) is 9.34. The van der Waals surface area contributed by atoms with Crippen molar-refractivity contribution in [1.82, 2.24) is 14.5 Å². The molecule has 10 aromatic rings. The van der Waals surface area contributed by atoms with E-state index in [9.17, 15) is 5.11 Å². The third kappa shape index (κ3) is 9.39. The number of aromatic nitrogens is 3. The summed E-state index contributed by atoms with van der Waals surface area (Å²) in [6.45, 7) is 17.6. The van der Waals surface area contributed by atoms with Crippen molar-refractivity contribution in [1.29, 1.82) is 0 Å². The number of aryl methyl sites for hydroxylation is 2. The van der Waals surface area contributed by atoms with Crippen LogP contribution in [0, 0.1) is 19.9 Å². The molecule has 0 saturated heterocycles. The molecule has 0 aliphatic carbocycles. The maximum Gasteiger partial charge on any atom is 0.148 e. The first-order valence-corrected chi connectivity index (χ1v) is 23.5. The molecule has 0 amide bonds. The Morgan fingerprint density at radius 1 is 0.478 bits per heavy atom. The van der Waals surface area contributed by atoms with Crippen molar-refractivity contribution in [3.8, 4) is 89.7 Å². The first kappa shape index (κ1) is 47.0. The number of nitrogens with zero attached hydrogens (tertiary/aromatic N) is 3. The minimum absolute atomic E-state index is 0. The number of benzene rings is 8. The van der Waals surface area contributed by atoms with Crippen LogP contribution in [0.1, 0.15) is 63.8 Å². The molecule has 5 heteroatoms. The van der Waals surface area contributed by atoms with Crippen LogP contribution in [0.25, 0.3) is 95.0 Å². The van der Waals surface area contributed by atoms with Gasteiger partial charge in [-0.25, -0.2) is 4.98 Å². The van der Waals surface area contributed by atoms with E-state index in [1.165, 1.54) is 22.3 Å². The molecule has 69 heavy (non-hydrogen) atoms. The van der Waals surface area contributed by atoms with Gasteiger partial charge in [-0.3, -0.25) is 9.55 Å². The number of phenolic OH excluding ortho intramolecular Hbond substituents is 1. The Labute approximate surface area is 421 Å². The van der Waals surface area contributed by atoms with Gasteiger partial charge in [-0.2, -0.15) is 0 Å². The number of fused-ring (bicyclic) bond motifs is 1. The molecule has 0 atom stereocenters. The minimum Gasteiger partial charge on any atom is -0.507 e. The van der Waals surface area contributed by atoms with E-state index in [4.69, 9.17) is 9.97 Å². The predicted octanol–water partition coefficient (Wildman–Crippen LogP) is 16.8. The first-order chi connectivity index (χ1) is 32.7. The molecule has 2 heterocycles. The topological polar surface area (TPSA) is 50.9 Å². The van der Waals surface area contributed by atoms with E-state index in [2.05, 4.69) is 223 Å². The van der Waals surface area contributed by atoms with Crippen LogP contribution in [-0.2, 0) is 31.9 Å². The summed E-state index contributed by atoms with van der Waals surface area (Å²) in [5, 5.41) is 11.9. The summed E-state index contributed by atoms with van der Waals surface area (Å²) >= 11 is 0. The monoisotopic (exact) mass is 1080 g/mol. The Balaban J connectivity index is 0.00000593. The summed E-state index contributed by atoms with van der Waals surface area (Å²) in [5.74, 6) is 0.886. The number of rotatable bonds is 8. The molecule has 0 fully saturated rings. The molecule has 10 rings (SSSR count). The quantitative estimate of drug-likeness (QED) is 0.154. The van der Waals surface area contributed by atoms with Crippen LogP contribution in [0.3, 0.4) is 0 Å². The number of hydrogen-bond donors (Lipinski definition) is 1. The van der Waals surface area contributed by atoms with E-state index in [0.717, 1.165) is 83.6 Å². The Bertz CT molecular complexity index is 3470. The van der Waals surface area contributed by atoms with Crippen molar-refractivity contribution in [3.05, 3.63) is 217 Å². The average molecular weight is 1080 g/mol. The molecule has 0 saturated carbocycles. The van der Waals surface area contributed by atoms with Crippen molar-refractivity contribution >= 4 is 11.0 Å². The van der Waals surface area contributed by atoms with Crippen LogP contribution < -0.4 is 0 Å². The van der Waals surface area contributed by atoms with Gasteiger partial charge in [0, 0.05) is 38.5 Å². The fourth-order valence-electron chi connectivity index (χ4n) is 9.34. The summed E-state index contributed by atoms with van der Waals surface area (Å²) < 4.78 is 2.25. The molecule has 0 bridgehead atoms. The van der Waals surface area contributed by atoms with Crippen LogP contribution in [0.15, 0.2) is 188 Å². The van der Waals surface area contributed by atoms with Crippen LogP contribution in [-0.4, -0.2) is 19.6 Å². The van der Waals surface area contributed by atoms with Crippen LogP contribution in [0.5, 0.6) is 5.75 Å². The molecule has 344 valence electrons. The molecular weight excluding hydrogens is 1020 g/mol. The van der Waals surface area contributed by atoms with Gasteiger partial charge < -0.3 is 5.11 Å². The third-order valence-electron chi connectivity index (χ3n) is 13.2. The predicted molar refractivity (Wildman–Crippen MR) is 284 cm³/mol. The number of pyridine rings is 1. The summed E-state index contributed by atoms with van der Waals surface area (Å²) in [6, 6.07) is 68.5. The zero-order valence-electron chi connectivity index (χ0n) is 40.5. The van der Waals surface area contributed by atoms with Crippen LogP contribution in [0.2, 0.25) is 0 Å². The molecule has 0 radical (unpaired) electrons. The molecular formula is C64H56N3OPt-. The van der Waals surface area contributed by atoms with Gasteiger partial charge in [0.15, 0.2) is 0 Å². The van der Waals surface area contributed by atoms with E-state index in [1.807, 2.05) is 31.3 Å². The van der Waals surface area contributed by atoms with Gasteiger partial charge in [-0.1, -0.05) is 198 Å². The van der Waals surface area contributed by atoms with E-state index >= 15 is 0 Å². The number of para-hydroxylation sites is 1. The molecule has 0 aliphatic heterocycles.